The van der Waals surface area contributed by atoms with E-state index in [0.29, 0.717) is 12.1 Å². The van der Waals surface area contributed by atoms with Gasteiger partial charge in [0.05, 0.1) is 16.8 Å². The van der Waals surface area contributed by atoms with Gasteiger partial charge in [0.2, 0.25) is 0 Å². The first-order valence-electron chi connectivity index (χ1n) is 6.56. The van der Waals surface area contributed by atoms with Gasteiger partial charge in [-0.15, -0.1) is 11.3 Å². The molecule has 21 heavy (non-hydrogen) atoms. The summed E-state index contributed by atoms with van der Waals surface area (Å²) in [7, 11) is 2.02. The SMILES string of the molecule is Cc1ncsc1CN(C)Cc1ccc(F)c(C#CCO)c1. The molecule has 0 aliphatic rings. The molecule has 0 radical (unpaired) electrons. The van der Waals surface area contributed by atoms with E-state index in [1.807, 2.05) is 19.5 Å². The van der Waals surface area contributed by atoms with Gasteiger partial charge in [-0.2, -0.15) is 0 Å². The number of hydrogen-bond donors (Lipinski definition) is 1. The molecule has 0 unspecified atom stereocenters. The molecule has 3 nitrogen and oxygen atoms in total. The van der Waals surface area contributed by atoms with Crippen molar-refractivity contribution in [3.63, 3.8) is 0 Å². The molecule has 0 saturated carbocycles. The Balaban J connectivity index is 2.07. The van der Waals surface area contributed by atoms with E-state index in [-0.39, 0.29) is 12.4 Å². The number of nitrogens with zero attached hydrogens (tertiary/aromatic N) is 2. The van der Waals surface area contributed by atoms with E-state index in [2.05, 4.69) is 21.7 Å². The van der Waals surface area contributed by atoms with Crippen LogP contribution in [0.25, 0.3) is 0 Å². The number of rotatable bonds is 4. The number of aliphatic hydroxyl groups is 1. The van der Waals surface area contributed by atoms with Gasteiger partial charge in [-0.05, 0) is 31.7 Å². The smallest absolute Gasteiger partial charge is 0.138 e. The molecule has 0 aliphatic carbocycles. The second kappa shape index (κ2) is 7.32. The molecular weight excluding hydrogens is 287 g/mol. The third-order valence-electron chi connectivity index (χ3n) is 3.04. The van der Waals surface area contributed by atoms with Crippen LogP contribution in [0.4, 0.5) is 4.39 Å². The lowest BCUT2D eigenvalue weighted by molar-refractivity contribution is 0.321. The van der Waals surface area contributed by atoms with Crippen LogP contribution in [0.1, 0.15) is 21.7 Å². The third kappa shape index (κ3) is 4.36. The Hall–Kier alpha value is -1.74. The molecule has 1 N–H and O–H groups in total. The summed E-state index contributed by atoms with van der Waals surface area (Å²) in [4.78, 5) is 7.62. The Morgan fingerprint density at radius 1 is 1.38 bits per heavy atom. The molecule has 0 spiro atoms. The number of aliphatic hydroxyl groups excluding tert-OH is 1. The molecule has 110 valence electrons. The van der Waals surface area contributed by atoms with Crippen molar-refractivity contribution in [3.8, 4) is 11.8 Å². The monoisotopic (exact) mass is 304 g/mol. The predicted octanol–water partition coefficient (Wildman–Crippen LogP) is 2.57. The fourth-order valence-electron chi connectivity index (χ4n) is 1.99. The second-order valence-corrected chi connectivity index (χ2v) is 5.75. The molecule has 1 aromatic carbocycles. The summed E-state index contributed by atoms with van der Waals surface area (Å²) in [6.45, 7) is 3.24. The number of benzene rings is 1. The van der Waals surface area contributed by atoms with Crippen molar-refractivity contribution in [1.82, 2.24) is 9.88 Å². The van der Waals surface area contributed by atoms with Crippen molar-refractivity contribution in [3.05, 3.63) is 51.2 Å². The zero-order chi connectivity index (χ0) is 15.2. The van der Waals surface area contributed by atoms with Gasteiger partial charge in [-0.1, -0.05) is 17.9 Å². The maximum absolute atomic E-state index is 13.6. The number of halogens is 1. The molecular formula is C16H17FN2OS. The van der Waals surface area contributed by atoms with E-state index in [1.54, 1.807) is 23.5 Å². The van der Waals surface area contributed by atoms with E-state index in [9.17, 15) is 4.39 Å². The first-order chi connectivity index (χ1) is 10.1. The Morgan fingerprint density at radius 3 is 2.86 bits per heavy atom. The fraction of sp³-hybridized carbons (Fsp3) is 0.312. The van der Waals surface area contributed by atoms with Crippen molar-refractivity contribution in [1.29, 1.82) is 0 Å². The average Bonchev–Trinajstić information content (AvgIpc) is 2.85. The minimum absolute atomic E-state index is 0.270. The molecule has 0 bridgehead atoms. The zero-order valence-electron chi connectivity index (χ0n) is 12.1. The quantitative estimate of drug-likeness (QED) is 0.882. The molecule has 1 heterocycles. The van der Waals surface area contributed by atoms with Crippen molar-refractivity contribution in [2.24, 2.45) is 0 Å². The van der Waals surface area contributed by atoms with Gasteiger partial charge in [-0.25, -0.2) is 9.37 Å². The van der Waals surface area contributed by atoms with Crippen molar-refractivity contribution in [2.75, 3.05) is 13.7 Å². The lowest BCUT2D eigenvalue weighted by Crippen LogP contribution is -2.17. The van der Waals surface area contributed by atoms with Gasteiger partial charge in [0.1, 0.15) is 12.4 Å². The minimum Gasteiger partial charge on any atom is -0.384 e. The molecule has 1 aromatic heterocycles. The molecule has 0 aliphatic heterocycles. The van der Waals surface area contributed by atoms with Gasteiger partial charge >= 0.3 is 0 Å². The van der Waals surface area contributed by atoms with Crippen LogP contribution < -0.4 is 0 Å². The van der Waals surface area contributed by atoms with E-state index in [0.717, 1.165) is 17.8 Å². The van der Waals surface area contributed by atoms with Crippen molar-refractivity contribution >= 4 is 11.3 Å². The molecule has 0 saturated heterocycles. The summed E-state index contributed by atoms with van der Waals surface area (Å²) in [6.07, 6.45) is 0. The Kier molecular flexibility index (Phi) is 5.45. The van der Waals surface area contributed by atoms with E-state index < -0.39 is 0 Å². The second-order valence-electron chi connectivity index (χ2n) is 4.81. The predicted molar refractivity (Wildman–Crippen MR) is 82.4 cm³/mol. The van der Waals surface area contributed by atoms with Gasteiger partial charge in [0, 0.05) is 18.0 Å². The maximum atomic E-state index is 13.6. The van der Waals surface area contributed by atoms with E-state index in [4.69, 9.17) is 5.11 Å². The topological polar surface area (TPSA) is 36.4 Å². The van der Waals surface area contributed by atoms with E-state index >= 15 is 0 Å². The van der Waals surface area contributed by atoms with E-state index in [1.165, 1.54) is 10.9 Å². The van der Waals surface area contributed by atoms with Crippen LogP contribution in [0.15, 0.2) is 23.7 Å². The summed E-state index contributed by atoms with van der Waals surface area (Å²) >= 11 is 1.64. The summed E-state index contributed by atoms with van der Waals surface area (Å²) in [5.74, 6) is 4.74. The number of hydrogen-bond acceptors (Lipinski definition) is 4. The highest BCUT2D eigenvalue weighted by molar-refractivity contribution is 7.09. The Bertz CT molecular complexity index is 672. The zero-order valence-corrected chi connectivity index (χ0v) is 12.9. The van der Waals surface area contributed by atoms with Crippen LogP contribution in [0.5, 0.6) is 0 Å². The van der Waals surface area contributed by atoms with Crippen LogP contribution in [0.2, 0.25) is 0 Å². The highest BCUT2D eigenvalue weighted by Gasteiger charge is 2.08. The minimum atomic E-state index is -0.361. The van der Waals surface area contributed by atoms with Crippen LogP contribution >= 0.6 is 11.3 Å². The standard InChI is InChI=1S/C16H17FN2OS/c1-12-16(21-11-18-12)10-19(2)9-13-5-6-15(17)14(8-13)4-3-7-20/h5-6,8,11,20H,7,9-10H2,1-2H3. The largest absolute Gasteiger partial charge is 0.384 e. The fourth-order valence-corrected chi connectivity index (χ4v) is 2.85. The number of thiazole rings is 1. The maximum Gasteiger partial charge on any atom is 0.138 e. The Labute approximate surface area is 128 Å². The molecule has 0 amide bonds. The Morgan fingerprint density at radius 2 is 2.19 bits per heavy atom. The van der Waals surface area contributed by atoms with Crippen LogP contribution in [0, 0.1) is 24.6 Å². The first kappa shape index (κ1) is 15.6. The summed E-state index contributed by atoms with van der Waals surface area (Å²) in [5, 5.41) is 8.69. The van der Waals surface area contributed by atoms with Gasteiger partial charge < -0.3 is 5.11 Å². The van der Waals surface area contributed by atoms with Gasteiger partial charge in [0.15, 0.2) is 0 Å². The first-order valence-corrected chi connectivity index (χ1v) is 7.43. The van der Waals surface area contributed by atoms with Gasteiger partial charge in [-0.3, -0.25) is 4.90 Å². The summed E-state index contributed by atoms with van der Waals surface area (Å²) in [6, 6.07) is 4.91. The lowest BCUT2D eigenvalue weighted by atomic mass is 10.1. The normalized spacial score (nSPS) is 10.5. The molecule has 2 aromatic rings. The third-order valence-corrected chi connectivity index (χ3v) is 3.96. The lowest BCUT2D eigenvalue weighted by Gasteiger charge is -2.16. The molecule has 5 heteroatoms. The van der Waals surface area contributed by atoms with Crippen molar-refractivity contribution in [2.45, 2.75) is 20.0 Å². The summed E-state index contributed by atoms with van der Waals surface area (Å²) < 4.78 is 13.6. The van der Waals surface area contributed by atoms with Crippen molar-refractivity contribution < 1.29 is 9.50 Å². The number of aromatic nitrogens is 1. The molecule has 0 fully saturated rings. The average molecular weight is 304 g/mol. The van der Waals surface area contributed by atoms with Crippen LogP contribution in [-0.2, 0) is 13.1 Å². The van der Waals surface area contributed by atoms with Crippen LogP contribution in [0.3, 0.4) is 0 Å². The highest BCUT2D eigenvalue weighted by Crippen LogP contribution is 2.16. The molecule has 2 rings (SSSR count). The highest BCUT2D eigenvalue weighted by atomic mass is 32.1. The number of aryl methyl sites for hydroxylation is 1. The van der Waals surface area contributed by atoms with Crippen LogP contribution in [-0.4, -0.2) is 28.6 Å². The summed E-state index contributed by atoms with van der Waals surface area (Å²) in [5.41, 5.74) is 4.21. The molecule has 0 atom stereocenters. The van der Waals surface area contributed by atoms with Gasteiger partial charge in [0.25, 0.3) is 0 Å².